The van der Waals surface area contributed by atoms with Crippen LogP contribution in [0.15, 0.2) is 41.4 Å². The van der Waals surface area contributed by atoms with E-state index in [-0.39, 0.29) is 5.69 Å². The quantitative estimate of drug-likeness (QED) is 0.664. The Morgan fingerprint density at radius 2 is 1.88 bits per heavy atom. The van der Waals surface area contributed by atoms with Crippen molar-refractivity contribution in [1.29, 1.82) is 0 Å². The summed E-state index contributed by atoms with van der Waals surface area (Å²) < 4.78 is 0. The zero-order valence-electron chi connectivity index (χ0n) is 14.3. The fraction of sp³-hybridized carbons (Fsp3) is 0.316. The molecule has 1 aliphatic heterocycles. The van der Waals surface area contributed by atoms with Crippen molar-refractivity contribution in [3.63, 3.8) is 0 Å². The van der Waals surface area contributed by atoms with E-state index in [1.165, 1.54) is 53.0 Å². The molecule has 2 aromatic carbocycles. The molecule has 1 fully saturated rings. The predicted octanol–water partition coefficient (Wildman–Crippen LogP) is 3.94. The Hall–Kier alpha value is -2.54. The molecular formula is C19H20N4O2S. The van der Waals surface area contributed by atoms with Crippen LogP contribution >= 0.6 is 11.8 Å². The molecule has 1 saturated heterocycles. The summed E-state index contributed by atoms with van der Waals surface area (Å²) in [5, 5.41) is 22.0. The first kappa shape index (κ1) is 16.9. The zero-order chi connectivity index (χ0) is 17.9. The van der Waals surface area contributed by atoms with Crippen LogP contribution < -0.4 is 4.90 Å². The van der Waals surface area contributed by atoms with Crippen molar-refractivity contribution in [2.75, 3.05) is 18.0 Å². The molecule has 2 N–H and O–H groups in total. The van der Waals surface area contributed by atoms with E-state index in [1.54, 1.807) is 0 Å². The Bertz CT molecular complexity index is 934. The lowest BCUT2D eigenvalue weighted by Crippen LogP contribution is -2.29. The van der Waals surface area contributed by atoms with Crippen LogP contribution in [0.1, 0.15) is 35.3 Å². The minimum atomic E-state index is -1.04. The van der Waals surface area contributed by atoms with Crippen LogP contribution in [0.25, 0.3) is 10.8 Å². The number of piperidine rings is 1. The Morgan fingerprint density at radius 1 is 1.12 bits per heavy atom. The van der Waals surface area contributed by atoms with E-state index in [2.05, 4.69) is 56.7 Å². The minimum Gasteiger partial charge on any atom is -0.476 e. The number of rotatable bonds is 5. The monoisotopic (exact) mass is 368 g/mol. The summed E-state index contributed by atoms with van der Waals surface area (Å²) in [4.78, 5) is 13.7. The van der Waals surface area contributed by atoms with Crippen LogP contribution in [0.5, 0.6) is 0 Å². The summed E-state index contributed by atoms with van der Waals surface area (Å²) >= 11 is 1.39. The molecule has 3 aromatic rings. The van der Waals surface area contributed by atoms with Gasteiger partial charge in [-0.1, -0.05) is 47.3 Å². The molecule has 6 nitrogen and oxygen atoms in total. The van der Waals surface area contributed by atoms with E-state index in [9.17, 15) is 9.90 Å². The van der Waals surface area contributed by atoms with E-state index in [1.807, 2.05) is 0 Å². The number of nitrogens with zero attached hydrogens (tertiary/aromatic N) is 3. The number of nitrogens with one attached hydrogen (secondary N) is 1. The van der Waals surface area contributed by atoms with Crippen LogP contribution in [-0.4, -0.2) is 39.6 Å². The first-order chi connectivity index (χ1) is 12.7. The summed E-state index contributed by atoms with van der Waals surface area (Å²) in [6, 6.07) is 12.8. The van der Waals surface area contributed by atoms with Gasteiger partial charge in [0.1, 0.15) is 0 Å². The number of hydrogen-bond acceptors (Lipinski definition) is 5. The van der Waals surface area contributed by atoms with Crippen molar-refractivity contribution >= 4 is 34.2 Å². The Balaban J connectivity index is 1.64. The molecule has 134 valence electrons. The van der Waals surface area contributed by atoms with Gasteiger partial charge in [-0.2, -0.15) is 0 Å². The molecule has 0 spiro atoms. The highest BCUT2D eigenvalue weighted by Crippen LogP contribution is 2.34. The lowest BCUT2D eigenvalue weighted by molar-refractivity contribution is 0.0686. The predicted molar refractivity (Wildman–Crippen MR) is 103 cm³/mol. The van der Waals surface area contributed by atoms with E-state index in [4.69, 9.17) is 0 Å². The van der Waals surface area contributed by atoms with Crippen molar-refractivity contribution in [3.8, 4) is 0 Å². The summed E-state index contributed by atoms with van der Waals surface area (Å²) in [6.45, 7) is 2.22. The van der Waals surface area contributed by atoms with Gasteiger partial charge < -0.3 is 10.0 Å². The van der Waals surface area contributed by atoms with E-state index >= 15 is 0 Å². The molecular weight excluding hydrogens is 348 g/mol. The molecule has 1 aromatic heterocycles. The van der Waals surface area contributed by atoms with Crippen molar-refractivity contribution in [2.45, 2.75) is 30.0 Å². The fourth-order valence-electron chi connectivity index (χ4n) is 3.49. The van der Waals surface area contributed by atoms with Gasteiger partial charge in [-0.05, 0) is 36.3 Å². The normalized spacial score (nSPS) is 14.7. The van der Waals surface area contributed by atoms with E-state index in [0.29, 0.717) is 10.8 Å². The van der Waals surface area contributed by atoms with Gasteiger partial charge >= 0.3 is 5.97 Å². The highest BCUT2D eigenvalue weighted by Gasteiger charge is 2.17. The fourth-order valence-corrected chi connectivity index (χ4v) is 4.41. The largest absolute Gasteiger partial charge is 0.476 e. The van der Waals surface area contributed by atoms with Gasteiger partial charge in [0.05, 0.1) is 0 Å². The number of carboxylic acids is 1. The van der Waals surface area contributed by atoms with E-state index < -0.39 is 5.97 Å². The molecule has 0 bridgehead atoms. The number of hydrogen-bond donors (Lipinski definition) is 2. The third-order valence-corrected chi connectivity index (χ3v) is 5.80. The number of carboxylic acid groups (broad SMARTS) is 1. The second-order valence-electron chi connectivity index (χ2n) is 6.42. The molecule has 0 atom stereocenters. The molecule has 0 unspecified atom stereocenters. The molecule has 0 saturated carbocycles. The Morgan fingerprint density at radius 3 is 2.65 bits per heavy atom. The van der Waals surface area contributed by atoms with Gasteiger partial charge in [-0.25, -0.2) is 4.79 Å². The molecule has 1 aliphatic rings. The summed E-state index contributed by atoms with van der Waals surface area (Å²) in [5.74, 6) is -0.393. The topological polar surface area (TPSA) is 82.1 Å². The Labute approximate surface area is 155 Å². The lowest BCUT2D eigenvalue weighted by Gasteiger charge is -2.30. The molecule has 0 aliphatic carbocycles. The van der Waals surface area contributed by atoms with Gasteiger partial charge in [0.25, 0.3) is 0 Å². The lowest BCUT2D eigenvalue weighted by atomic mass is 10.0. The average molecular weight is 368 g/mol. The first-order valence-corrected chi connectivity index (χ1v) is 9.75. The average Bonchev–Trinajstić information content (AvgIpc) is 3.16. The highest BCUT2D eigenvalue weighted by atomic mass is 32.2. The second kappa shape index (κ2) is 7.37. The first-order valence-electron chi connectivity index (χ1n) is 8.77. The van der Waals surface area contributed by atoms with Gasteiger partial charge in [0, 0.05) is 29.9 Å². The number of fused-ring (bicyclic) bond motifs is 1. The van der Waals surface area contributed by atoms with Crippen LogP contribution in [-0.2, 0) is 5.75 Å². The van der Waals surface area contributed by atoms with Gasteiger partial charge in [-0.3, -0.25) is 5.10 Å². The number of benzene rings is 2. The number of aromatic amines is 1. The van der Waals surface area contributed by atoms with Gasteiger partial charge in [0.15, 0.2) is 10.7 Å². The zero-order valence-corrected chi connectivity index (χ0v) is 15.1. The number of anilines is 1. The van der Waals surface area contributed by atoms with Crippen LogP contribution in [0.4, 0.5) is 5.69 Å². The third-order valence-electron chi connectivity index (χ3n) is 4.78. The van der Waals surface area contributed by atoms with Crippen LogP contribution in [0.2, 0.25) is 0 Å². The number of thioether (sulfide) groups is 1. The molecule has 4 rings (SSSR count). The molecule has 26 heavy (non-hydrogen) atoms. The number of H-pyrrole nitrogens is 1. The maximum atomic E-state index is 11.2. The summed E-state index contributed by atoms with van der Waals surface area (Å²) in [6.07, 6.45) is 3.80. The minimum absolute atomic E-state index is 0.0456. The van der Waals surface area contributed by atoms with Crippen molar-refractivity contribution in [1.82, 2.24) is 15.4 Å². The SMILES string of the molecule is O=C(O)c1[nH]nnc1SCc1ccc(N2CCCCC2)c2ccccc12. The molecule has 7 heteroatoms. The summed E-state index contributed by atoms with van der Waals surface area (Å²) in [7, 11) is 0. The highest BCUT2D eigenvalue weighted by molar-refractivity contribution is 7.98. The third kappa shape index (κ3) is 3.26. The summed E-state index contributed by atoms with van der Waals surface area (Å²) in [5.41, 5.74) is 2.51. The molecule has 0 amide bonds. The standard InChI is InChI=1S/C19H20N4O2S/c24-19(25)17-18(21-22-20-17)26-12-13-8-9-16(23-10-4-1-5-11-23)15-7-3-2-6-14(13)15/h2-3,6-9H,1,4-5,10-12H2,(H,24,25)(H,20,21,22). The second-order valence-corrected chi connectivity index (χ2v) is 7.39. The number of aromatic carboxylic acids is 1. The molecule has 2 heterocycles. The number of aromatic nitrogens is 3. The van der Waals surface area contributed by atoms with Crippen molar-refractivity contribution < 1.29 is 9.90 Å². The maximum Gasteiger partial charge on any atom is 0.356 e. The maximum absolute atomic E-state index is 11.2. The van der Waals surface area contributed by atoms with Crippen LogP contribution in [0.3, 0.4) is 0 Å². The van der Waals surface area contributed by atoms with Gasteiger partial charge in [0.2, 0.25) is 0 Å². The smallest absolute Gasteiger partial charge is 0.356 e. The van der Waals surface area contributed by atoms with Crippen LogP contribution in [0, 0.1) is 0 Å². The van der Waals surface area contributed by atoms with Gasteiger partial charge in [-0.15, -0.1) is 5.10 Å². The Kier molecular flexibility index (Phi) is 4.79. The van der Waals surface area contributed by atoms with Crippen molar-refractivity contribution in [2.24, 2.45) is 0 Å². The molecule has 0 radical (unpaired) electrons. The number of carbonyl (C=O) groups is 1. The van der Waals surface area contributed by atoms with Crippen molar-refractivity contribution in [3.05, 3.63) is 47.7 Å². The van der Waals surface area contributed by atoms with E-state index in [0.717, 1.165) is 13.1 Å².